The van der Waals surface area contributed by atoms with Crippen LogP contribution in [0.2, 0.25) is 0 Å². The molecule has 0 heterocycles. The van der Waals surface area contributed by atoms with E-state index in [1.807, 2.05) is 19.1 Å². The molecule has 17 heavy (non-hydrogen) atoms. The van der Waals surface area contributed by atoms with Crippen LogP contribution in [-0.4, -0.2) is 24.4 Å². The number of benzene rings is 1. The predicted molar refractivity (Wildman–Crippen MR) is 68.2 cm³/mol. The van der Waals surface area contributed by atoms with Crippen molar-refractivity contribution in [3.8, 4) is 5.75 Å². The molecule has 0 spiro atoms. The molecule has 3 N–H and O–H groups in total. The van der Waals surface area contributed by atoms with Gasteiger partial charge in [-0.25, -0.2) is 0 Å². The van der Waals surface area contributed by atoms with Crippen LogP contribution in [-0.2, 0) is 5.41 Å². The third-order valence-corrected chi connectivity index (χ3v) is 3.95. The SMILES string of the molecule is COc1ccc(C2(CN)CCC(C)(O)C2)cc1. The maximum Gasteiger partial charge on any atom is 0.118 e. The molecule has 1 aromatic rings. The molecule has 1 saturated carbocycles. The van der Waals surface area contributed by atoms with Gasteiger partial charge in [-0.1, -0.05) is 12.1 Å². The van der Waals surface area contributed by atoms with Crippen molar-refractivity contribution < 1.29 is 9.84 Å². The van der Waals surface area contributed by atoms with Crippen molar-refractivity contribution in [2.45, 2.75) is 37.2 Å². The Kier molecular flexibility index (Phi) is 3.15. The predicted octanol–water partition coefficient (Wildman–Crippen LogP) is 1.83. The molecule has 1 aliphatic carbocycles. The Hall–Kier alpha value is -1.06. The number of hydrogen-bond acceptors (Lipinski definition) is 3. The molecule has 2 rings (SSSR count). The van der Waals surface area contributed by atoms with Crippen LogP contribution in [0.5, 0.6) is 5.75 Å². The standard InChI is InChI=1S/C14H21NO2/c1-13(16)7-8-14(9-13,10-15)11-3-5-12(17-2)6-4-11/h3-6,16H,7-10,15H2,1-2H3. The maximum absolute atomic E-state index is 10.1. The summed E-state index contributed by atoms with van der Waals surface area (Å²) in [5.41, 5.74) is 6.50. The van der Waals surface area contributed by atoms with Gasteiger partial charge in [0.15, 0.2) is 0 Å². The van der Waals surface area contributed by atoms with Gasteiger partial charge in [-0.2, -0.15) is 0 Å². The van der Waals surface area contributed by atoms with E-state index >= 15 is 0 Å². The molecule has 3 nitrogen and oxygen atoms in total. The van der Waals surface area contributed by atoms with E-state index in [2.05, 4.69) is 12.1 Å². The summed E-state index contributed by atoms with van der Waals surface area (Å²) in [5, 5.41) is 10.1. The molecular weight excluding hydrogens is 214 g/mol. The molecule has 1 aliphatic rings. The Morgan fingerprint density at radius 2 is 1.94 bits per heavy atom. The summed E-state index contributed by atoms with van der Waals surface area (Å²) in [6, 6.07) is 8.04. The van der Waals surface area contributed by atoms with E-state index in [-0.39, 0.29) is 5.41 Å². The van der Waals surface area contributed by atoms with Gasteiger partial charge in [-0.15, -0.1) is 0 Å². The molecule has 0 saturated heterocycles. The number of hydrogen-bond donors (Lipinski definition) is 2. The second kappa shape index (κ2) is 4.31. The third-order valence-electron chi connectivity index (χ3n) is 3.95. The number of ether oxygens (including phenoxy) is 1. The highest BCUT2D eigenvalue weighted by atomic mass is 16.5. The zero-order valence-corrected chi connectivity index (χ0v) is 10.6. The van der Waals surface area contributed by atoms with Crippen LogP contribution in [0.25, 0.3) is 0 Å². The Labute approximate surface area is 103 Å². The Morgan fingerprint density at radius 1 is 1.29 bits per heavy atom. The first-order chi connectivity index (χ1) is 8.01. The summed E-state index contributed by atoms with van der Waals surface area (Å²) in [4.78, 5) is 0. The average molecular weight is 235 g/mol. The smallest absolute Gasteiger partial charge is 0.118 e. The minimum Gasteiger partial charge on any atom is -0.497 e. The van der Waals surface area contributed by atoms with E-state index in [1.54, 1.807) is 7.11 Å². The molecule has 1 fully saturated rings. The van der Waals surface area contributed by atoms with Crippen LogP contribution in [0.3, 0.4) is 0 Å². The molecule has 2 atom stereocenters. The van der Waals surface area contributed by atoms with Gasteiger partial charge >= 0.3 is 0 Å². The largest absolute Gasteiger partial charge is 0.497 e. The molecule has 0 amide bonds. The second-order valence-electron chi connectivity index (χ2n) is 5.39. The number of nitrogens with two attached hydrogens (primary N) is 1. The van der Waals surface area contributed by atoms with Crippen molar-refractivity contribution in [1.29, 1.82) is 0 Å². The molecule has 0 aliphatic heterocycles. The summed E-state index contributed by atoms with van der Waals surface area (Å²) in [5.74, 6) is 0.852. The van der Waals surface area contributed by atoms with Crippen molar-refractivity contribution in [2.24, 2.45) is 5.73 Å². The zero-order chi connectivity index (χ0) is 12.5. The fraction of sp³-hybridized carbons (Fsp3) is 0.571. The molecule has 2 unspecified atom stereocenters. The highest BCUT2D eigenvalue weighted by Crippen LogP contribution is 2.45. The van der Waals surface area contributed by atoms with Crippen molar-refractivity contribution in [2.75, 3.05) is 13.7 Å². The first kappa shape index (κ1) is 12.4. The Balaban J connectivity index is 2.29. The van der Waals surface area contributed by atoms with Gasteiger partial charge in [-0.3, -0.25) is 0 Å². The van der Waals surface area contributed by atoms with Crippen LogP contribution in [0.15, 0.2) is 24.3 Å². The minimum absolute atomic E-state index is 0.0736. The van der Waals surface area contributed by atoms with Gasteiger partial charge in [-0.05, 0) is 43.9 Å². The summed E-state index contributed by atoms with van der Waals surface area (Å²) < 4.78 is 5.16. The van der Waals surface area contributed by atoms with E-state index in [4.69, 9.17) is 10.5 Å². The molecule has 0 radical (unpaired) electrons. The van der Waals surface area contributed by atoms with E-state index in [9.17, 15) is 5.11 Å². The van der Waals surface area contributed by atoms with Crippen LogP contribution in [0.1, 0.15) is 31.7 Å². The summed E-state index contributed by atoms with van der Waals surface area (Å²) in [6.45, 7) is 2.48. The van der Waals surface area contributed by atoms with Gasteiger partial charge in [0.1, 0.15) is 5.75 Å². The van der Waals surface area contributed by atoms with E-state index in [0.717, 1.165) is 25.0 Å². The fourth-order valence-electron chi connectivity index (χ4n) is 2.90. The zero-order valence-electron chi connectivity index (χ0n) is 10.6. The maximum atomic E-state index is 10.1. The summed E-state index contributed by atoms with van der Waals surface area (Å²) in [7, 11) is 1.66. The monoisotopic (exact) mass is 235 g/mol. The van der Waals surface area contributed by atoms with E-state index in [0.29, 0.717) is 6.54 Å². The molecule has 0 bridgehead atoms. The first-order valence-electron chi connectivity index (χ1n) is 6.08. The van der Waals surface area contributed by atoms with Crippen molar-refractivity contribution in [1.82, 2.24) is 0 Å². The van der Waals surface area contributed by atoms with Crippen molar-refractivity contribution in [3.05, 3.63) is 29.8 Å². The van der Waals surface area contributed by atoms with E-state index < -0.39 is 5.60 Å². The highest BCUT2D eigenvalue weighted by Gasteiger charge is 2.44. The van der Waals surface area contributed by atoms with Gasteiger partial charge in [0.05, 0.1) is 12.7 Å². The van der Waals surface area contributed by atoms with Crippen molar-refractivity contribution in [3.63, 3.8) is 0 Å². The number of rotatable bonds is 3. The minimum atomic E-state index is -0.584. The number of methoxy groups -OCH3 is 1. The third kappa shape index (κ3) is 2.31. The van der Waals surface area contributed by atoms with Gasteiger partial charge in [0.2, 0.25) is 0 Å². The lowest BCUT2D eigenvalue weighted by Crippen LogP contribution is -2.35. The quantitative estimate of drug-likeness (QED) is 0.840. The van der Waals surface area contributed by atoms with Crippen LogP contribution >= 0.6 is 0 Å². The average Bonchev–Trinajstić information content (AvgIpc) is 2.66. The molecule has 0 aromatic heterocycles. The van der Waals surface area contributed by atoms with Gasteiger partial charge in [0.25, 0.3) is 0 Å². The molecule has 1 aromatic carbocycles. The molecular formula is C14H21NO2. The van der Waals surface area contributed by atoms with Gasteiger partial charge in [0, 0.05) is 12.0 Å². The summed E-state index contributed by atoms with van der Waals surface area (Å²) >= 11 is 0. The number of aliphatic hydroxyl groups is 1. The van der Waals surface area contributed by atoms with Crippen LogP contribution < -0.4 is 10.5 Å². The lowest BCUT2D eigenvalue weighted by Gasteiger charge is -2.29. The Bertz CT molecular complexity index is 386. The Morgan fingerprint density at radius 3 is 2.35 bits per heavy atom. The van der Waals surface area contributed by atoms with Crippen molar-refractivity contribution >= 4 is 0 Å². The van der Waals surface area contributed by atoms with Gasteiger partial charge < -0.3 is 15.6 Å². The van der Waals surface area contributed by atoms with E-state index in [1.165, 1.54) is 5.56 Å². The highest BCUT2D eigenvalue weighted by molar-refractivity contribution is 5.34. The normalized spacial score (nSPS) is 32.7. The molecule has 3 heteroatoms. The summed E-state index contributed by atoms with van der Waals surface area (Å²) in [6.07, 6.45) is 2.50. The lowest BCUT2D eigenvalue weighted by molar-refractivity contribution is 0.0612. The topological polar surface area (TPSA) is 55.5 Å². The van der Waals surface area contributed by atoms with Crippen LogP contribution in [0, 0.1) is 0 Å². The van der Waals surface area contributed by atoms with Crippen LogP contribution in [0.4, 0.5) is 0 Å². The lowest BCUT2D eigenvalue weighted by atomic mass is 9.78. The molecule has 94 valence electrons. The fourth-order valence-corrected chi connectivity index (χ4v) is 2.90. The second-order valence-corrected chi connectivity index (χ2v) is 5.39. The first-order valence-corrected chi connectivity index (χ1v) is 6.08.